The Hall–Kier alpha value is -1.65. The molecule has 0 radical (unpaired) electrons. The summed E-state index contributed by atoms with van der Waals surface area (Å²) in [6.07, 6.45) is 3.39. The SMILES string of the molecule is Cc1cnc(CNC(CCCO)c2ccccc2)o1. The summed E-state index contributed by atoms with van der Waals surface area (Å²) in [5.74, 6) is 1.52. The standard InChI is InChI=1S/C15H20N2O2/c1-12-10-17-15(19-12)11-16-14(8-5-9-18)13-6-3-2-4-7-13/h2-4,6-7,10,14,16,18H,5,8-9,11H2,1H3. The molecule has 0 fully saturated rings. The Labute approximate surface area is 113 Å². The van der Waals surface area contributed by atoms with E-state index in [2.05, 4.69) is 22.4 Å². The maximum Gasteiger partial charge on any atom is 0.208 e. The zero-order chi connectivity index (χ0) is 13.5. The fourth-order valence-corrected chi connectivity index (χ4v) is 2.06. The number of oxazole rings is 1. The van der Waals surface area contributed by atoms with Crippen molar-refractivity contribution in [3.8, 4) is 0 Å². The lowest BCUT2D eigenvalue weighted by atomic mass is 10.0. The number of hydrogen-bond acceptors (Lipinski definition) is 4. The summed E-state index contributed by atoms with van der Waals surface area (Å²) in [5.41, 5.74) is 1.22. The van der Waals surface area contributed by atoms with Crippen LogP contribution in [0.25, 0.3) is 0 Å². The first-order chi connectivity index (χ1) is 9.29. The number of nitrogens with one attached hydrogen (secondary N) is 1. The van der Waals surface area contributed by atoms with Crippen molar-refractivity contribution in [2.24, 2.45) is 0 Å². The molecule has 0 saturated carbocycles. The van der Waals surface area contributed by atoms with Gasteiger partial charge in [0, 0.05) is 12.6 Å². The minimum absolute atomic E-state index is 0.209. The molecule has 0 spiro atoms. The molecular formula is C15H20N2O2. The van der Waals surface area contributed by atoms with Crippen LogP contribution >= 0.6 is 0 Å². The Kier molecular flexibility index (Phi) is 5.12. The molecule has 1 heterocycles. The van der Waals surface area contributed by atoms with Crippen LogP contribution in [0.3, 0.4) is 0 Å². The molecular weight excluding hydrogens is 240 g/mol. The summed E-state index contributed by atoms with van der Waals surface area (Å²) in [5, 5.41) is 12.4. The molecule has 1 atom stereocenters. The lowest BCUT2D eigenvalue weighted by Gasteiger charge is -2.18. The van der Waals surface area contributed by atoms with Gasteiger partial charge in [-0.1, -0.05) is 30.3 Å². The van der Waals surface area contributed by atoms with Crippen molar-refractivity contribution in [3.63, 3.8) is 0 Å². The van der Waals surface area contributed by atoms with Crippen molar-refractivity contribution in [1.29, 1.82) is 0 Å². The zero-order valence-corrected chi connectivity index (χ0v) is 11.2. The summed E-state index contributed by atoms with van der Waals surface area (Å²) in [4.78, 5) is 4.18. The van der Waals surface area contributed by atoms with Gasteiger partial charge in [0.15, 0.2) is 0 Å². The molecule has 0 saturated heterocycles. The third-order valence-electron chi connectivity index (χ3n) is 3.02. The predicted molar refractivity (Wildman–Crippen MR) is 73.6 cm³/mol. The lowest BCUT2D eigenvalue weighted by Crippen LogP contribution is -2.21. The largest absolute Gasteiger partial charge is 0.445 e. The molecule has 4 nitrogen and oxygen atoms in total. The fraction of sp³-hybridized carbons (Fsp3) is 0.400. The quantitative estimate of drug-likeness (QED) is 0.803. The predicted octanol–water partition coefficient (Wildman–Crippen LogP) is 2.59. The van der Waals surface area contributed by atoms with Gasteiger partial charge in [0.2, 0.25) is 5.89 Å². The van der Waals surface area contributed by atoms with Crippen molar-refractivity contribution < 1.29 is 9.52 Å². The number of nitrogens with zero attached hydrogens (tertiary/aromatic N) is 1. The Bertz CT molecular complexity index is 482. The minimum atomic E-state index is 0.209. The van der Waals surface area contributed by atoms with Crippen molar-refractivity contribution in [2.45, 2.75) is 32.4 Å². The average molecular weight is 260 g/mol. The van der Waals surface area contributed by atoms with E-state index in [4.69, 9.17) is 9.52 Å². The van der Waals surface area contributed by atoms with E-state index in [1.807, 2.05) is 25.1 Å². The molecule has 1 unspecified atom stereocenters. The molecule has 0 aliphatic heterocycles. The second-order valence-corrected chi connectivity index (χ2v) is 4.57. The first kappa shape index (κ1) is 13.8. The third kappa shape index (κ3) is 4.19. The van der Waals surface area contributed by atoms with Gasteiger partial charge in [-0.25, -0.2) is 4.98 Å². The highest BCUT2D eigenvalue weighted by molar-refractivity contribution is 5.18. The number of aryl methyl sites for hydroxylation is 1. The van der Waals surface area contributed by atoms with Crippen molar-refractivity contribution in [1.82, 2.24) is 10.3 Å². The van der Waals surface area contributed by atoms with Crippen LogP contribution in [0.15, 0.2) is 40.9 Å². The second kappa shape index (κ2) is 7.07. The molecule has 0 amide bonds. The first-order valence-electron chi connectivity index (χ1n) is 6.60. The Balaban J connectivity index is 1.97. The number of aliphatic hydroxyl groups excluding tert-OH is 1. The molecule has 0 bridgehead atoms. The van der Waals surface area contributed by atoms with Gasteiger partial charge >= 0.3 is 0 Å². The van der Waals surface area contributed by atoms with Crippen LogP contribution in [-0.4, -0.2) is 16.7 Å². The number of aromatic nitrogens is 1. The summed E-state index contributed by atoms with van der Waals surface area (Å²) in [6, 6.07) is 10.5. The molecule has 0 aliphatic rings. The summed E-state index contributed by atoms with van der Waals surface area (Å²) < 4.78 is 5.45. The van der Waals surface area contributed by atoms with Crippen LogP contribution in [0.2, 0.25) is 0 Å². The molecule has 19 heavy (non-hydrogen) atoms. The van der Waals surface area contributed by atoms with E-state index in [1.165, 1.54) is 5.56 Å². The van der Waals surface area contributed by atoms with Gasteiger partial charge in [-0.05, 0) is 25.3 Å². The van der Waals surface area contributed by atoms with E-state index in [1.54, 1.807) is 6.20 Å². The minimum Gasteiger partial charge on any atom is -0.445 e. The van der Waals surface area contributed by atoms with E-state index in [0.29, 0.717) is 12.4 Å². The Morgan fingerprint density at radius 1 is 1.32 bits per heavy atom. The fourth-order valence-electron chi connectivity index (χ4n) is 2.06. The molecule has 4 heteroatoms. The maximum absolute atomic E-state index is 8.99. The van der Waals surface area contributed by atoms with Crippen LogP contribution in [0.4, 0.5) is 0 Å². The summed E-state index contributed by atoms with van der Waals surface area (Å²) >= 11 is 0. The van der Waals surface area contributed by atoms with Crippen LogP contribution in [0, 0.1) is 6.92 Å². The highest BCUT2D eigenvalue weighted by Crippen LogP contribution is 2.18. The smallest absolute Gasteiger partial charge is 0.208 e. The highest BCUT2D eigenvalue weighted by Gasteiger charge is 2.11. The molecule has 2 rings (SSSR count). The second-order valence-electron chi connectivity index (χ2n) is 4.57. The van der Waals surface area contributed by atoms with Gasteiger partial charge in [0.1, 0.15) is 5.76 Å². The number of aliphatic hydroxyl groups is 1. The Morgan fingerprint density at radius 2 is 2.11 bits per heavy atom. The normalized spacial score (nSPS) is 12.5. The number of hydrogen-bond donors (Lipinski definition) is 2. The zero-order valence-electron chi connectivity index (χ0n) is 11.2. The molecule has 1 aromatic heterocycles. The topological polar surface area (TPSA) is 58.3 Å². The van der Waals surface area contributed by atoms with E-state index >= 15 is 0 Å². The number of rotatable bonds is 7. The lowest BCUT2D eigenvalue weighted by molar-refractivity contribution is 0.273. The van der Waals surface area contributed by atoms with Gasteiger partial charge in [-0.15, -0.1) is 0 Å². The first-order valence-corrected chi connectivity index (χ1v) is 6.60. The molecule has 102 valence electrons. The van der Waals surface area contributed by atoms with E-state index in [-0.39, 0.29) is 12.6 Å². The molecule has 2 aromatic rings. The monoisotopic (exact) mass is 260 g/mol. The van der Waals surface area contributed by atoms with Gasteiger partial charge in [-0.3, -0.25) is 0 Å². The third-order valence-corrected chi connectivity index (χ3v) is 3.02. The van der Waals surface area contributed by atoms with Gasteiger partial charge in [0.05, 0.1) is 12.7 Å². The molecule has 2 N–H and O–H groups in total. The van der Waals surface area contributed by atoms with E-state index in [0.717, 1.165) is 18.6 Å². The van der Waals surface area contributed by atoms with Gasteiger partial charge in [-0.2, -0.15) is 0 Å². The summed E-state index contributed by atoms with van der Waals surface area (Å²) in [7, 11) is 0. The van der Waals surface area contributed by atoms with Crippen LogP contribution < -0.4 is 5.32 Å². The van der Waals surface area contributed by atoms with Crippen LogP contribution in [0.1, 0.15) is 36.1 Å². The maximum atomic E-state index is 8.99. The molecule has 0 aliphatic carbocycles. The molecule has 1 aromatic carbocycles. The summed E-state index contributed by atoms with van der Waals surface area (Å²) in [6.45, 7) is 2.69. The van der Waals surface area contributed by atoms with Crippen LogP contribution in [-0.2, 0) is 6.54 Å². The average Bonchev–Trinajstić information content (AvgIpc) is 2.86. The van der Waals surface area contributed by atoms with Crippen molar-refractivity contribution in [2.75, 3.05) is 6.61 Å². The number of benzene rings is 1. The van der Waals surface area contributed by atoms with Gasteiger partial charge in [0.25, 0.3) is 0 Å². The van der Waals surface area contributed by atoms with Crippen molar-refractivity contribution in [3.05, 3.63) is 53.7 Å². The highest BCUT2D eigenvalue weighted by atomic mass is 16.4. The van der Waals surface area contributed by atoms with Crippen LogP contribution in [0.5, 0.6) is 0 Å². The van der Waals surface area contributed by atoms with E-state index < -0.39 is 0 Å². The van der Waals surface area contributed by atoms with Gasteiger partial charge < -0.3 is 14.8 Å². The van der Waals surface area contributed by atoms with Crippen molar-refractivity contribution >= 4 is 0 Å². The van der Waals surface area contributed by atoms with E-state index in [9.17, 15) is 0 Å². The Morgan fingerprint density at radius 3 is 2.74 bits per heavy atom.